The van der Waals surface area contributed by atoms with Gasteiger partial charge < -0.3 is 10.0 Å². The SMILES string of the molecule is O=C(O)CCN(C(=O)c1cccc(F)c1)c1ccccc1. The van der Waals surface area contributed by atoms with Gasteiger partial charge in [0.05, 0.1) is 6.42 Å². The highest BCUT2D eigenvalue weighted by atomic mass is 19.1. The van der Waals surface area contributed by atoms with Crippen LogP contribution in [0.1, 0.15) is 16.8 Å². The molecule has 0 aliphatic heterocycles. The number of nitrogens with zero attached hydrogens (tertiary/aromatic N) is 1. The minimum atomic E-state index is -0.997. The molecule has 0 spiro atoms. The minimum absolute atomic E-state index is 0.0225. The normalized spacial score (nSPS) is 10.1. The summed E-state index contributed by atoms with van der Waals surface area (Å²) in [6, 6.07) is 14.1. The summed E-state index contributed by atoms with van der Waals surface area (Å²) in [7, 11) is 0. The van der Waals surface area contributed by atoms with Gasteiger partial charge in [-0.25, -0.2) is 4.39 Å². The second-order valence-corrected chi connectivity index (χ2v) is 4.45. The van der Waals surface area contributed by atoms with Crippen molar-refractivity contribution < 1.29 is 19.1 Å². The van der Waals surface area contributed by atoms with Crippen LogP contribution in [0.4, 0.5) is 10.1 Å². The molecule has 2 rings (SSSR count). The fourth-order valence-corrected chi connectivity index (χ4v) is 1.94. The summed E-state index contributed by atoms with van der Waals surface area (Å²) in [6.07, 6.45) is -0.185. The number of rotatable bonds is 5. The van der Waals surface area contributed by atoms with Gasteiger partial charge in [-0.05, 0) is 30.3 Å². The molecular formula is C16H14FNO3. The first-order valence-electron chi connectivity index (χ1n) is 6.42. The molecule has 0 aromatic heterocycles. The van der Waals surface area contributed by atoms with Crippen LogP contribution in [0.5, 0.6) is 0 Å². The first-order valence-corrected chi connectivity index (χ1v) is 6.42. The average molecular weight is 287 g/mol. The molecular weight excluding hydrogens is 273 g/mol. The lowest BCUT2D eigenvalue weighted by molar-refractivity contribution is -0.136. The number of benzene rings is 2. The lowest BCUT2D eigenvalue weighted by Gasteiger charge is -2.22. The Morgan fingerprint density at radius 3 is 2.38 bits per heavy atom. The van der Waals surface area contributed by atoms with Crippen LogP contribution in [0.3, 0.4) is 0 Å². The van der Waals surface area contributed by atoms with Crippen molar-refractivity contribution in [3.05, 3.63) is 66.0 Å². The zero-order valence-electron chi connectivity index (χ0n) is 11.2. The van der Waals surface area contributed by atoms with Gasteiger partial charge in [0, 0.05) is 17.8 Å². The molecule has 0 aliphatic rings. The number of hydrogen-bond acceptors (Lipinski definition) is 2. The average Bonchev–Trinajstić information content (AvgIpc) is 2.48. The Hall–Kier alpha value is -2.69. The molecule has 2 aromatic carbocycles. The van der Waals surface area contributed by atoms with Gasteiger partial charge in [0.2, 0.25) is 0 Å². The van der Waals surface area contributed by atoms with Gasteiger partial charge >= 0.3 is 5.97 Å². The van der Waals surface area contributed by atoms with Crippen molar-refractivity contribution in [3.63, 3.8) is 0 Å². The summed E-state index contributed by atoms with van der Waals surface area (Å²) in [5.74, 6) is -1.93. The van der Waals surface area contributed by atoms with Crippen LogP contribution in [0.25, 0.3) is 0 Å². The number of carboxylic acids is 1. The molecule has 0 saturated carbocycles. The fourth-order valence-electron chi connectivity index (χ4n) is 1.94. The molecule has 2 aromatic rings. The van der Waals surface area contributed by atoms with E-state index in [0.29, 0.717) is 5.69 Å². The molecule has 0 unspecified atom stereocenters. The summed E-state index contributed by atoms with van der Waals surface area (Å²) < 4.78 is 13.2. The third-order valence-corrected chi connectivity index (χ3v) is 2.93. The number of carboxylic acid groups (broad SMARTS) is 1. The molecule has 0 radical (unpaired) electrons. The van der Waals surface area contributed by atoms with Gasteiger partial charge in [0.25, 0.3) is 5.91 Å². The topological polar surface area (TPSA) is 57.6 Å². The number of hydrogen-bond donors (Lipinski definition) is 1. The predicted molar refractivity (Wildman–Crippen MR) is 76.8 cm³/mol. The predicted octanol–water partition coefficient (Wildman–Crippen LogP) is 2.95. The summed E-state index contributed by atoms with van der Waals surface area (Å²) in [4.78, 5) is 24.6. The minimum Gasteiger partial charge on any atom is -0.481 e. The van der Waals surface area contributed by atoms with Crippen LogP contribution in [-0.2, 0) is 4.79 Å². The van der Waals surface area contributed by atoms with Crippen molar-refractivity contribution in [1.82, 2.24) is 0 Å². The van der Waals surface area contributed by atoms with E-state index in [0.717, 1.165) is 6.07 Å². The largest absolute Gasteiger partial charge is 0.481 e. The van der Waals surface area contributed by atoms with Gasteiger partial charge in [-0.2, -0.15) is 0 Å². The third-order valence-electron chi connectivity index (χ3n) is 2.93. The Morgan fingerprint density at radius 2 is 1.76 bits per heavy atom. The lowest BCUT2D eigenvalue weighted by atomic mass is 10.1. The number of carbonyl (C=O) groups is 2. The maximum atomic E-state index is 13.2. The highest BCUT2D eigenvalue weighted by Crippen LogP contribution is 2.17. The van der Waals surface area contributed by atoms with E-state index in [2.05, 4.69) is 0 Å². The molecule has 108 valence electrons. The third kappa shape index (κ3) is 3.89. The molecule has 1 N–H and O–H groups in total. The van der Waals surface area contributed by atoms with Gasteiger partial charge in [-0.1, -0.05) is 24.3 Å². The molecule has 1 amide bonds. The summed E-state index contributed by atoms with van der Waals surface area (Å²) in [6.45, 7) is 0.0225. The molecule has 21 heavy (non-hydrogen) atoms. The number of carbonyl (C=O) groups excluding carboxylic acids is 1. The number of amides is 1. The Bertz CT molecular complexity index is 643. The van der Waals surface area contributed by atoms with Crippen molar-refractivity contribution in [1.29, 1.82) is 0 Å². The molecule has 5 heteroatoms. The van der Waals surface area contributed by atoms with Gasteiger partial charge in [-0.15, -0.1) is 0 Å². The van der Waals surface area contributed by atoms with E-state index in [1.54, 1.807) is 30.3 Å². The van der Waals surface area contributed by atoms with Crippen LogP contribution in [0.15, 0.2) is 54.6 Å². The van der Waals surface area contributed by atoms with Crippen molar-refractivity contribution >= 4 is 17.6 Å². The number of anilines is 1. The van der Waals surface area contributed by atoms with E-state index in [1.165, 1.54) is 23.1 Å². The molecule has 0 atom stereocenters. The van der Waals surface area contributed by atoms with Crippen LogP contribution in [0.2, 0.25) is 0 Å². The van der Waals surface area contributed by atoms with E-state index >= 15 is 0 Å². The highest BCUT2D eigenvalue weighted by molar-refractivity contribution is 6.06. The zero-order valence-corrected chi connectivity index (χ0v) is 11.2. The van der Waals surface area contributed by atoms with Gasteiger partial charge in [0.1, 0.15) is 5.82 Å². The Balaban J connectivity index is 2.30. The molecule has 0 fully saturated rings. The second-order valence-electron chi connectivity index (χ2n) is 4.45. The second kappa shape index (κ2) is 6.65. The molecule has 0 bridgehead atoms. The Labute approximate surface area is 121 Å². The molecule has 4 nitrogen and oxygen atoms in total. The standard InChI is InChI=1S/C16H14FNO3/c17-13-6-4-5-12(11-13)16(21)18(10-9-15(19)20)14-7-2-1-3-8-14/h1-8,11H,9-10H2,(H,19,20). The zero-order chi connectivity index (χ0) is 15.2. The van der Waals surface area contributed by atoms with Crippen molar-refractivity contribution in [2.45, 2.75) is 6.42 Å². The summed E-state index contributed by atoms with van der Waals surface area (Å²) >= 11 is 0. The Kier molecular flexibility index (Phi) is 4.66. The first-order chi connectivity index (χ1) is 10.1. The first kappa shape index (κ1) is 14.7. The molecule has 0 saturated heterocycles. The Morgan fingerprint density at radius 1 is 1.05 bits per heavy atom. The van der Waals surface area contributed by atoms with Gasteiger partial charge in [-0.3, -0.25) is 9.59 Å². The lowest BCUT2D eigenvalue weighted by Crippen LogP contribution is -2.33. The van der Waals surface area contributed by atoms with Crippen LogP contribution in [-0.4, -0.2) is 23.5 Å². The van der Waals surface area contributed by atoms with Crippen LogP contribution < -0.4 is 4.90 Å². The van der Waals surface area contributed by atoms with Crippen LogP contribution in [0, 0.1) is 5.82 Å². The number of aliphatic carboxylic acids is 1. The number of para-hydroxylation sites is 1. The van der Waals surface area contributed by atoms with Crippen molar-refractivity contribution in [2.75, 3.05) is 11.4 Å². The quantitative estimate of drug-likeness (QED) is 0.919. The van der Waals surface area contributed by atoms with Crippen molar-refractivity contribution in [2.24, 2.45) is 0 Å². The van der Waals surface area contributed by atoms with E-state index in [9.17, 15) is 14.0 Å². The highest BCUT2D eigenvalue weighted by Gasteiger charge is 2.18. The van der Waals surface area contributed by atoms with E-state index in [1.807, 2.05) is 0 Å². The monoisotopic (exact) mass is 287 g/mol. The summed E-state index contributed by atoms with van der Waals surface area (Å²) in [5.41, 5.74) is 0.761. The maximum absolute atomic E-state index is 13.2. The van der Waals surface area contributed by atoms with E-state index in [-0.39, 0.29) is 18.5 Å². The van der Waals surface area contributed by atoms with E-state index < -0.39 is 17.7 Å². The fraction of sp³-hybridized carbons (Fsp3) is 0.125. The number of halogens is 1. The summed E-state index contributed by atoms with van der Waals surface area (Å²) in [5, 5.41) is 8.81. The van der Waals surface area contributed by atoms with E-state index in [4.69, 9.17) is 5.11 Å². The van der Waals surface area contributed by atoms with Crippen molar-refractivity contribution in [3.8, 4) is 0 Å². The van der Waals surface area contributed by atoms with Gasteiger partial charge in [0.15, 0.2) is 0 Å². The van der Waals surface area contributed by atoms with Crippen LogP contribution >= 0.6 is 0 Å². The smallest absolute Gasteiger partial charge is 0.305 e. The maximum Gasteiger partial charge on any atom is 0.305 e. The molecule has 0 aliphatic carbocycles. The molecule has 0 heterocycles.